The van der Waals surface area contributed by atoms with E-state index >= 15 is 0 Å². The third-order valence-corrected chi connectivity index (χ3v) is 8.30. The molecule has 45 heavy (non-hydrogen) atoms. The number of nitrogens with two attached hydrogens (primary N) is 1. The zero-order valence-electron chi connectivity index (χ0n) is 27.4. The van der Waals surface area contributed by atoms with Crippen LogP contribution in [0.1, 0.15) is 40.5 Å². The van der Waals surface area contributed by atoms with Crippen molar-refractivity contribution in [1.29, 1.82) is 0 Å². The van der Waals surface area contributed by atoms with Gasteiger partial charge < -0.3 is 35.3 Å². The second-order valence-corrected chi connectivity index (χ2v) is 11.9. The summed E-state index contributed by atoms with van der Waals surface area (Å²) in [6.45, 7) is 10.7. The van der Waals surface area contributed by atoms with Crippen LogP contribution in [0.3, 0.4) is 0 Å². The van der Waals surface area contributed by atoms with Gasteiger partial charge in [-0.05, 0) is 38.2 Å². The molecule has 3 aliphatic rings. The van der Waals surface area contributed by atoms with E-state index in [1.54, 1.807) is 33.3 Å². The maximum Gasteiger partial charge on any atom is 0.405 e. The number of nitrogens with one attached hydrogen (secondary N) is 2. The molecule has 12 nitrogen and oxygen atoms in total. The van der Waals surface area contributed by atoms with E-state index in [-0.39, 0.29) is 47.1 Å². The molecule has 4 N–H and O–H groups in total. The molecule has 2 amide bonds. The first-order valence-corrected chi connectivity index (χ1v) is 15.3. The number of primary amides is 1. The van der Waals surface area contributed by atoms with Gasteiger partial charge in [0.1, 0.15) is 6.10 Å². The van der Waals surface area contributed by atoms with Gasteiger partial charge >= 0.3 is 6.09 Å². The third-order valence-electron chi connectivity index (χ3n) is 8.30. The first kappa shape index (κ1) is 35.9. The van der Waals surface area contributed by atoms with Gasteiger partial charge in [-0.2, -0.15) is 0 Å². The van der Waals surface area contributed by atoms with Crippen molar-refractivity contribution in [2.45, 2.75) is 65.0 Å². The Morgan fingerprint density at radius 3 is 2.40 bits per heavy atom. The Hall–Kier alpha value is -3.58. The molecular weight excluding hydrogens is 580 g/mol. The summed E-state index contributed by atoms with van der Waals surface area (Å²) in [6, 6.07) is 0. The van der Waals surface area contributed by atoms with Crippen LogP contribution in [0.25, 0.3) is 0 Å². The number of nitrogens with zero attached hydrogens (tertiary/aromatic N) is 1. The van der Waals surface area contributed by atoms with E-state index in [4.69, 9.17) is 24.7 Å². The van der Waals surface area contributed by atoms with E-state index in [0.29, 0.717) is 24.1 Å². The number of allylic oxidation sites excluding steroid dienone is 4. The van der Waals surface area contributed by atoms with E-state index in [1.807, 2.05) is 26.8 Å². The molecule has 2 bridgehead atoms. The minimum absolute atomic E-state index is 0.0745. The molecule has 6 unspecified atom stereocenters. The summed E-state index contributed by atoms with van der Waals surface area (Å²) in [6.07, 6.45) is 5.36. The molecular formula is C33H48N4O8. The van der Waals surface area contributed by atoms with Crippen molar-refractivity contribution in [3.63, 3.8) is 0 Å². The number of carbonyl (C=O) groups excluding carboxylic acids is 4. The van der Waals surface area contributed by atoms with Gasteiger partial charge in [0, 0.05) is 70.6 Å². The number of carbonyl (C=O) groups is 4. The average Bonchev–Trinajstić information content (AvgIpc) is 3.81. The van der Waals surface area contributed by atoms with Gasteiger partial charge in [0.2, 0.25) is 11.6 Å². The van der Waals surface area contributed by atoms with Crippen molar-refractivity contribution in [2.75, 3.05) is 47.5 Å². The predicted octanol–water partition coefficient (Wildman–Crippen LogP) is 2.32. The van der Waals surface area contributed by atoms with Gasteiger partial charge in [0.15, 0.2) is 6.10 Å². The minimum Gasteiger partial charge on any atom is -0.439 e. The number of ketones is 2. The molecule has 0 saturated carbocycles. The largest absolute Gasteiger partial charge is 0.439 e. The first-order chi connectivity index (χ1) is 21.4. The number of ether oxygens (including phenoxy) is 4. The monoisotopic (exact) mass is 628 g/mol. The maximum atomic E-state index is 13.8. The minimum atomic E-state index is -0.959. The van der Waals surface area contributed by atoms with Crippen LogP contribution >= 0.6 is 0 Å². The quantitative estimate of drug-likeness (QED) is 0.207. The lowest BCUT2D eigenvalue weighted by Crippen LogP contribution is -2.39. The van der Waals surface area contributed by atoms with Crippen molar-refractivity contribution in [3.05, 3.63) is 58.5 Å². The highest BCUT2D eigenvalue weighted by molar-refractivity contribution is 6.23. The lowest BCUT2D eigenvalue weighted by Gasteiger charge is -2.32. The second-order valence-electron chi connectivity index (χ2n) is 11.9. The van der Waals surface area contributed by atoms with Crippen LogP contribution in [0.2, 0.25) is 0 Å². The smallest absolute Gasteiger partial charge is 0.405 e. The summed E-state index contributed by atoms with van der Waals surface area (Å²) < 4.78 is 22.9. The lowest BCUT2D eigenvalue weighted by molar-refractivity contribution is -0.120. The number of rotatable bonds is 8. The maximum absolute atomic E-state index is 13.8. The Kier molecular flexibility index (Phi) is 13.3. The van der Waals surface area contributed by atoms with Crippen molar-refractivity contribution in [1.82, 2.24) is 15.5 Å². The summed E-state index contributed by atoms with van der Waals surface area (Å²) in [5.74, 6) is -1.60. The molecule has 3 rings (SSSR count). The van der Waals surface area contributed by atoms with E-state index in [2.05, 4.69) is 15.5 Å². The highest BCUT2D eigenvalue weighted by atomic mass is 16.6. The lowest BCUT2D eigenvalue weighted by atomic mass is 9.85. The Morgan fingerprint density at radius 2 is 1.80 bits per heavy atom. The topological polar surface area (TPSA) is 158 Å². The molecule has 1 saturated heterocycles. The molecule has 0 radical (unpaired) electrons. The zero-order chi connectivity index (χ0) is 33.3. The van der Waals surface area contributed by atoms with E-state index < -0.39 is 36.1 Å². The molecule has 0 aromatic carbocycles. The standard InChI is InChI=1S/C33H48N4O8/c1-19-15-23-28(35-11-12-37-13-14-37)25(38)18-24(29(23)39)36-32(40)20(2)9-8-10-26(42-5)31(45-33(34)41)22(4)17-21(3)30(44-7)27(16-19)43-6/h8-10,17-19,21,26-27,30-31,35H,11-16H2,1-7H3,(H2,34,41)(H,36,40)/b10-8-,20-9-,22-17-. The van der Waals surface area contributed by atoms with Crippen LogP contribution in [0.15, 0.2) is 58.5 Å². The van der Waals surface area contributed by atoms with Crippen LogP contribution < -0.4 is 16.4 Å². The van der Waals surface area contributed by atoms with Crippen LogP contribution in [0, 0.1) is 11.8 Å². The Bertz CT molecular complexity index is 1280. The molecule has 6 atom stereocenters. The molecule has 248 valence electrons. The van der Waals surface area contributed by atoms with E-state index in [1.165, 1.54) is 19.3 Å². The Morgan fingerprint density at radius 1 is 1.09 bits per heavy atom. The number of methoxy groups -OCH3 is 3. The number of hydrogen-bond donors (Lipinski definition) is 3. The average molecular weight is 629 g/mol. The summed E-state index contributed by atoms with van der Waals surface area (Å²) >= 11 is 0. The number of fused-ring (bicyclic) bond motifs is 2. The molecule has 0 spiro atoms. The molecule has 1 aliphatic carbocycles. The van der Waals surface area contributed by atoms with Crippen molar-refractivity contribution in [3.8, 4) is 0 Å². The number of amides is 2. The Balaban J connectivity index is 2.05. The third kappa shape index (κ3) is 9.95. The van der Waals surface area contributed by atoms with Crippen molar-refractivity contribution >= 4 is 23.6 Å². The summed E-state index contributed by atoms with van der Waals surface area (Å²) in [5.41, 5.74) is 6.90. The molecule has 2 aliphatic heterocycles. The normalized spacial score (nSPS) is 32.1. The predicted molar refractivity (Wildman–Crippen MR) is 169 cm³/mol. The SMILES string of the molecule is COC1/C=C\C=C(\C)C(=O)NC2=CC(=O)C(NCCN3CC3)=C(CC(C)CC(OC)C(OC)C(C)/C=C(/C)C1OC(N)=O)C2=O. The van der Waals surface area contributed by atoms with Gasteiger partial charge in [0.25, 0.3) is 5.91 Å². The number of Topliss-reactive ketones (excluding diaryl/α,β-unsaturated/α-hetero) is 1. The highest BCUT2D eigenvalue weighted by Crippen LogP contribution is 2.29. The molecule has 0 aromatic heterocycles. The fourth-order valence-corrected chi connectivity index (χ4v) is 5.76. The highest BCUT2D eigenvalue weighted by Gasteiger charge is 2.34. The molecule has 1 fully saturated rings. The van der Waals surface area contributed by atoms with E-state index in [9.17, 15) is 19.2 Å². The van der Waals surface area contributed by atoms with Gasteiger partial charge in [-0.15, -0.1) is 0 Å². The van der Waals surface area contributed by atoms with Crippen LogP contribution in [0.4, 0.5) is 4.79 Å². The summed E-state index contributed by atoms with van der Waals surface area (Å²) in [5, 5.41) is 5.83. The van der Waals surface area contributed by atoms with Gasteiger partial charge in [0.05, 0.1) is 23.6 Å². The van der Waals surface area contributed by atoms with Crippen LogP contribution in [-0.4, -0.2) is 100 Å². The van der Waals surface area contributed by atoms with Crippen LogP contribution in [0.5, 0.6) is 0 Å². The summed E-state index contributed by atoms with van der Waals surface area (Å²) in [7, 11) is 4.68. The summed E-state index contributed by atoms with van der Waals surface area (Å²) in [4.78, 5) is 54.3. The second kappa shape index (κ2) is 16.6. The molecule has 2 heterocycles. The molecule has 12 heteroatoms. The number of hydrogen-bond acceptors (Lipinski definition) is 10. The fourth-order valence-electron chi connectivity index (χ4n) is 5.76. The fraction of sp³-hybridized carbons (Fsp3) is 0.576. The molecule has 0 aromatic rings. The van der Waals surface area contributed by atoms with E-state index in [0.717, 1.165) is 19.6 Å². The van der Waals surface area contributed by atoms with Crippen LogP contribution in [-0.2, 0) is 33.3 Å². The first-order valence-electron chi connectivity index (χ1n) is 15.3. The van der Waals surface area contributed by atoms with Gasteiger partial charge in [-0.3, -0.25) is 19.3 Å². The van der Waals surface area contributed by atoms with Crippen molar-refractivity contribution < 1.29 is 38.1 Å². The van der Waals surface area contributed by atoms with Gasteiger partial charge in [-0.1, -0.05) is 38.2 Å². The van der Waals surface area contributed by atoms with Gasteiger partial charge in [-0.25, -0.2) is 4.79 Å². The Labute approximate surface area is 265 Å². The zero-order valence-corrected chi connectivity index (χ0v) is 27.4. The van der Waals surface area contributed by atoms with Crippen molar-refractivity contribution in [2.24, 2.45) is 17.6 Å².